The molecule has 4 nitrogen and oxygen atoms in total. The molecule has 0 saturated carbocycles. The monoisotopic (exact) mass is 158 g/mol. The number of hydrogen-bond donors (Lipinski definition) is 1. The molecule has 0 aliphatic carbocycles. The van der Waals surface area contributed by atoms with Crippen molar-refractivity contribution in [3.63, 3.8) is 0 Å². The Bertz CT molecular complexity index is 198. The van der Waals surface area contributed by atoms with Crippen LogP contribution in [0.15, 0.2) is 5.16 Å². The number of rotatable bonds is 2. The molecule has 0 unspecified atom stereocenters. The van der Waals surface area contributed by atoms with E-state index in [4.69, 9.17) is 5.73 Å². The largest absolute Gasteiger partial charge is 0.324 e. The molecular weight excluding hydrogens is 148 g/mol. The third-order valence-electron chi connectivity index (χ3n) is 1.29. The Morgan fingerprint density at radius 3 is 2.60 bits per heavy atom. The van der Waals surface area contributed by atoms with Crippen molar-refractivity contribution in [3.8, 4) is 0 Å². The zero-order chi connectivity index (χ0) is 7.56. The molecule has 0 aromatic carbocycles. The number of nitrogens with zero attached hydrogens (tertiary/aromatic N) is 3. The predicted molar refractivity (Wildman–Crippen MR) is 40.7 cm³/mol. The zero-order valence-electron chi connectivity index (χ0n) is 6.03. The molecule has 56 valence electrons. The fraction of sp³-hybridized carbons (Fsp3) is 0.600. The van der Waals surface area contributed by atoms with Crippen LogP contribution in [0.5, 0.6) is 0 Å². The van der Waals surface area contributed by atoms with Crippen molar-refractivity contribution in [2.45, 2.75) is 11.7 Å². The number of nitrogens with two attached hydrogens (primary N) is 1. The molecule has 1 heterocycles. The van der Waals surface area contributed by atoms with Gasteiger partial charge in [0, 0.05) is 7.05 Å². The van der Waals surface area contributed by atoms with Crippen LogP contribution in [-0.2, 0) is 13.6 Å². The summed E-state index contributed by atoms with van der Waals surface area (Å²) >= 11 is 1.57. The van der Waals surface area contributed by atoms with Crippen molar-refractivity contribution in [1.82, 2.24) is 14.8 Å². The summed E-state index contributed by atoms with van der Waals surface area (Å²) in [7, 11) is 1.91. The smallest absolute Gasteiger partial charge is 0.190 e. The van der Waals surface area contributed by atoms with E-state index in [1.54, 1.807) is 11.8 Å². The Labute approximate surface area is 63.8 Å². The van der Waals surface area contributed by atoms with Gasteiger partial charge in [-0.1, -0.05) is 11.8 Å². The molecule has 0 spiro atoms. The lowest BCUT2D eigenvalue weighted by molar-refractivity contribution is 0.735. The fourth-order valence-electron chi connectivity index (χ4n) is 0.701. The molecule has 1 aromatic heterocycles. The van der Waals surface area contributed by atoms with Crippen LogP contribution in [0.4, 0.5) is 0 Å². The highest BCUT2D eigenvalue weighted by Crippen LogP contribution is 2.10. The van der Waals surface area contributed by atoms with Crippen molar-refractivity contribution in [2.75, 3.05) is 6.26 Å². The number of hydrogen-bond acceptors (Lipinski definition) is 4. The molecule has 1 rings (SSSR count). The summed E-state index contributed by atoms with van der Waals surface area (Å²) in [5.41, 5.74) is 5.39. The molecule has 0 aliphatic heterocycles. The first-order valence-electron chi connectivity index (χ1n) is 2.92. The van der Waals surface area contributed by atoms with Crippen LogP contribution in [0.3, 0.4) is 0 Å². The average molecular weight is 158 g/mol. The molecule has 0 bridgehead atoms. The summed E-state index contributed by atoms with van der Waals surface area (Å²) in [5, 5.41) is 8.68. The van der Waals surface area contributed by atoms with E-state index in [0.717, 1.165) is 11.0 Å². The van der Waals surface area contributed by atoms with Gasteiger partial charge in [-0.3, -0.25) is 0 Å². The summed E-state index contributed by atoms with van der Waals surface area (Å²) in [4.78, 5) is 0. The van der Waals surface area contributed by atoms with Crippen molar-refractivity contribution in [2.24, 2.45) is 12.8 Å². The highest BCUT2D eigenvalue weighted by Gasteiger charge is 2.03. The van der Waals surface area contributed by atoms with Gasteiger partial charge in [0.05, 0.1) is 6.54 Å². The molecule has 0 fully saturated rings. The molecular formula is C5H10N4S. The van der Waals surface area contributed by atoms with Gasteiger partial charge in [-0.15, -0.1) is 10.2 Å². The first kappa shape index (κ1) is 7.56. The van der Waals surface area contributed by atoms with Gasteiger partial charge in [-0.2, -0.15) is 0 Å². The molecule has 0 atom stereocenters. The van der Waals surface area contributed by atoms with Gasteiger partial charge in [-0.05, 0) is 6.26 Å². The predicted octanol–water partition coefficient (Wildman–Crippen LogP) is -0.00430. The van der Waals surface area contributed by atoms with Gasteiger partial charge in [0.25, 0.3) is 0 Å². The topological polar surface area (TPSA) is 56.7 Å². The fourth-order valence-corrected chi connectivity index (χ4v) is 1.20. The quantitative estimate of drug-likeness (QED) is 0.615. The van der Waals surface area contributed by atoms with Gasteiger partial charge in [0.1, 0.15) is 5.82 Å². The van der Waals surface area contributed by atoms with Crippen molar-refractivity contribution in [3.05, 3.63) is 5.82 Å². The van der Waals surface area contributed by atoms with Crippen LogP contribution < -0.4 is 5.73 Å². The van der Waals surface area contributed by atoms with E-state index < -0.39 is 0 Å². The SMILES string of the molecule is CSc1nnc(CN)n1C. The van der Waals surface area contributed by atoms with E-state index in [1.807, 2.05) is 17.9 Å². The minimum atomic E-state index is 0.448. The second-order valence-electron chi connectivity index (χ2n) is 1.87. The highest BCUT2D eigenvalue weighted by molar-refractivity contribution is 7.98. The van der Waals surface area contributed by atoms with Crippen LogP contribution in [-0.4, -0.2) is 21.0 Å². The summed E-state index contributed by atoms with van der Waals surface area (Å²) in [6.07, 6.45) is 1.96. The molecule has 1 aromatic rings. The summed E-state index contributed by atoms with van der Waals surface area (Å²) in [6.45, 7) is 0.448. The third kappa shape index (κ3) is 1.15. The van der Waals surface area contributed by atoms with Crippen LogP contribution in [0.1, 0.15) is 5.82 Å². The molecule has 2 N–H and O–H groups in total. The second-order valence-corrected chi connectivity index (χ2v) is 2.64. The normalized spacial score (nSPS) is 10.3. The van der Waals surface area contributed by atoms with E-state index in [-0.39, 0.29) is 0 Å². The molecule has 10 heavy (non-hydrogen) atoms. The average Bonchev–Trinajstić information content (AvgIpc) is 2.30. The summed E-state index contributed by atoms with van der Waals surface area (Å²) < 4.78 is 1.89. The lowest BCUT2D eigenvalue weighted by Gasteiger charge is -1.96. The maximum atomic E-state index is 5.39. The van der Waals surface area contributed by atoms with Crippen molar-refractivity contribution >= 4 is 11.8 Å². The summed E-state index contributed by atoms with van der Waals surface area (Å²) in [5.74, 6) is 0.823. The van der Waals surface area contributed by atoms with Gasteiger partial charge < -0.3 is 10.3 Å². The minimum Gasteiger partial charge on any atom is -0.324 e. The molecule has 0 saturated heterocycles. The molecule has 5 heteroatoms. The van der Waals surface area contributed by atoms with Gasteiger partial charge in [-0.25, -0.2) is 0 Å². The lowest BCUT2D eigenvalue weighted by atomic mass is 10.6. The van der Waals surface area contributed by atoms with Crippen LogP contribution in [0.2, 0.25) is 0 Å². The molecule has 0 amide bonds. The summed E-state index contributed by atoms with van der Waals surface area (Å²) in [6, 6.07) is 0. The number of thioether (sulfide) groups is 1. The second kappa shape index (κ2) is 3.03. The van der Waals surface area contributed by atoms with E-state index in [2.05, 4.69) is 10.2 Å². The molecule has 0 aliphatic rings. The Kier molecular flexibility index (Phi) is 2.29. The highest BCUT2D eigenvalue weighted by atomic mass is 32.2. The lowest BCUT2D eigenvalue weighted by Crippen LogP contribution is -2.04. The maximum Gasteiger partial charge on any atom is 0.190 e. The van der Waals surface area contributed by atoms with Gasteiger partial charge in [0.2, 0.25) is 0 Å². The maximum absolute atomic E-state index is 5.39. The molecule has 0 radical (unpaired) electrons. The zero-order valence-corrected chi connectivity index (χ0v) is 6.85. The van der Waals surface area contributed by atoms with Crippen molar-refractivity contribution < 1.29 is 0 Å². The first-order valence-corrected chi connectivity index (χ1v) is 4.14. The van der Waals surface area contributed by atoms with E-state index in [0.29, 0.717) is 6.54 Å². The Morgan fingerprint density at radius 2 is 2.30 bits per heavy atom. The van der Waals surface area contributed by atoms with Crippen molar-refractivity contribution in [1.29, 1.82) is 0 Å². The van der Waals surface area contributed by atoms with Gasteiger partial charge in [0.15, 0.2) is 5.16 Å². The van der Waals surface area contributed by atoms with E-state index >= 15 is 0 Å². The Morgan fingerprint density at radius 1 is 1.60 bits per heavy atom. The third-order valence-corrected chi connectivity index (χ3v) is 2.01. The Balaban J connectivity index is 2.97. The van der Waals surface area contributed by atoms with Gasteiger partial charge >= 0.3 is 0 Å². The number of aromatic nitrogens is 3. The van der Waals surface area contributed by atoms with Crippen LogP contribution in [0.25, 0.3) is 0 Å². The van der Waals surface area contributed by atoms with Crippen LogP contribution >= 0.6 is 11.8 Å². The Hall–Kier alpha value is -0.550. The van der Waals surface area contributed by atoms with E-state index in [9.17, 15) is 0 Å². The van der Waals surface area contributed by atoms with E-state index in [1.165, 1.54) is 0 Å². The standard InChI is InChI=1S/C5H10N4S/c1-9-4(3-6)7-8-5(9)10-2/h3,6H2,1-2H3. The van der Waals surface area contributed by atoms with Crippen LogP contribution in [0, 0.1) is 0 Å². The first-order chi connectivity index (χ1) is 4.79. The minimum absolute atomic E-state index is 0.448.